The summed E-state index contributed by atoms with van der Waals surface area (Å²) < 4.78 is 7.71. The molecule has 2 aromatic heterocycles. The summed E-state index contributed by atoms with van der Waals surface area (Å²) in [5.74, 6) is -0.812. The van der Waals surface area contributed by atoms with E-state index in [2.05, 4.69) is 16.0 Å². The van der Waals surface area contributed by atoms with Crippen molar-refractivity contribution in [2.24, 2.45) is 7.05 Å². The smallest absolute Gasteiger partial charge is 0.271 e. The van der Waals surface area contributed by atoms with Gasteiger partial charge in [0, 0.05) is 25.7 Å². The van der Waals surface area contributed by atoms with Gasteiger partial charge in [-0.3, -0.25) is 14.4 Å². The van der Waals surface area contributed by atoms with Crippen molar-refractivity contribution < 1.29 is 24.2 Å². The van der Waals surface area contributed by atoms with Gasteiger partial charge >= 0.3 is 0 Å². The zero-order valence-corrected chi connectivity index (χ0v) is 20.3. The minimum absolute atomic E-state index is 0.166. The maximum absolute atomic E-state index is 13.1. The topological polar surface area (TPSA) is 135 Å². The number of rotatable bonds is 10. The van der Waals surface area contributed by atoms with Gasteiger partial charge in [0.1, 0.15) is 12.3 Å². The molecule has 0 saturated heterocycles. The van der Waals surface area contributed by atoms with E-state index in [4.69, 9.17) is 14.8 Å². The van der Waals surface area contributed by atoms with Crippen LogP contribution in [0.2, 0.25) is 0 Å². The summed E-state index contributed by atoms with van der Waals surface area (Å²) in [7, 11) is 1.73. The second-order valence-electron chi connectivity index (χ2n) is 8.19. The molecule has 35 heavy (non-hydrogen) atoms. The number of aliphatic hydroxyl groups excluding tert-OH is 1. The van der Waals surface area contributed by atoms with Crippen molar-refractivity contribution in [1.82, 2.24) is 20.2 Å². The highest BCUT2D eigenvalue weighted by Crippen LogP contribution is 2.35. The van der Waals surface area contributed by atoms with Gasteiger partial charge in [0.05, 0.1) is 22.9 Å². The van der Waals surface area contributed by atoms with Crippen LogP contribution in [0.4, 0.5) is 5.69 Å². The first-order chi connectivity index (χ1) is 16.8. The molecule has 0 unspecified atom stereocenters. The molecule has 0 saturated carbocycles. The summed E-state index contributed by atoms with van der Waals surface area (Å²) in [6, 6.07) is 10.7. The average molecular weight is 482 g/mol. The van der Waals surface area contributed by atoms with Gasteiger partial charge in [0.2, 0.25) is 5.91 Å². The van der Waals surface area contributed by atoms with Gasteiger partial charge in [0.15, 0.2) is 11.4 Å². The van der Waals surface area contributed by atoms with E-state index in [9.17, 15) is 14.4 Å². The quantitative estimate of drug-likeness (QED) is 0.327. The molecule has 0 aliphatic rings. The summed E-state index contributed by atoms with van der Waals surface area (Å²) in [5.41, 5.74) is 2.58. The fourth-order valence-corrected chi connectivity index (χ4v) is 3.64. The molecule has 0 radical (unpaired) electrons. The lowest BCUT2D eigenvalue weighted by Gasteiger charge is -2.13. The Morgan fingerprint density at radius 2 is 1.77 bits per heavy atom. The van der Waals surface area contributed by atoms with Crippen LogP contribution < -0.4 is 20.7 Å². The first-order valence-electron chi connectivity index (χ1n) is 11.5. The number of ether oxygens (including phenoxy) is 1. The van der Waals surface area contributed by atoms with Crippen molar-refractivity contribution in [3.63, 3.8) is 0 Å². The third-order valence-corrected chi connectivity index (χ3v) is 5.26. The third kappa shape index (κ3) is 5.96. The first kappa shape index (κ1) is 25.7. The lowest BCUT2D eigenvalue weighted by molar-refractivity contribution is -0.123. The molecule has 10 heteroatoms. The highest BCUT2D eigenvalue weighted by atomic mass is 16.5. The van der Waals surface area contributed by atoms with Crippen LogP contribution in [-0.2, 0) is 18.3 Å². The van der Waals surface area contributed by atoms with Gasteiger partial charge in [-0.15, -0.1) is 0 Å². The number of aryl methyl sites for hydroxylation is 2. The molecule has 0 bridgehead atoms. The fraction of sp³-hybridized carbons (Fsp3) is 0.360. The van der Waals surface area contributed by atoms with E-state index in [0.29, 0.717) is 40.1 Å². The molecule has 0 spiro atoms. The second-order valence-corrected chi connectivity index (χ2v) is 8.19. The van der Waals surface area contributed by atoms with Crippen LogP contribution >= 0.6 is 0 Å². The molecule has 0 atom stereocenters. The number of pyridine rings is 1. The highest BCUT2D eigenvalue weighted by molar-refractivity contribution is 6.07. The van der Waals surface area contributed by atoms with Crippen molar-refractivity contribution in [3.8, 4) is 5.75 Å². The van der Waals surface area contributed by atoms with Crippen LogP contribution in [0, 0.1) is 0 Å². The zero-order chi connectivity index (χ0) is 25.5. The summed E-state index contributed by atoms with van der Waals surface area (Å²) in [4.78, 5) is 41.8. The van der Waals surface area contributed by atoms with Gasteiger partial charge in [-0.1, -0.05) is 25.1 Å². The molecule has 10 nitrogen and oxygen atoms in total. The van der Waals surface area contributed by atoms with Gasteiger partial charge in [-0.2, -0.15) is 0 Å². The Kier molecular flexibility index (Phi) is 8.43. The minimum atomic E-state index is -0.613. The maximum atomic E-state index is 13.1. The number of nitrogens with zero attached hydrogens (tertiary/aromatic N) is 2. The van der Waals surface area contributed by atoms with E-state index in [1.165, 1.54) is 0 Å². The van der Waals surface area contributed by atoms with Gasteiger partial charge in [-0.25, -0.2) is 4.98 Å². The monoisotopic (exact) mass is 481 g/mol. The van der Waals surface area contributed by atoms with Crippen LogP contribution in [-0.4, -0.2) is 58.2 Å². The number of hydrogen-bond donors (Lipinski definition) is 4. The maximum Gasteiger partial charge on any atom is 0.271 e. The number of carbonyl (C=O) groups is 3. The standard InChI is InChI=1S/C25H31N5O5/c1-5-18-19(29-24(33)16-9-7-6-8-10-16)13-17-22(35-15(2)3)21(30(4)23(17)28-18)25(34)27-12-11-26-20(32)14-31/h6-10,13,15,31H,5,11-12,14H2,1-4H3,(H,26,32)(H,27,34)(H,29,33). The number of anilines is 1. The Balaban J connectivity index is 1.99. The summed E-state index contributed by atoms with van der Waals surface area (Å²) >= 11 is 0. The molecular weight excluding hydrogens is 450 g/mol. The van der Waals surface area contributed by atoms with Gasteiger partial charge in [-0.05, 0) is 38.5 Å². The SMILES string of the molecule is CCc1nc2c(cc1NC(=O)c1ccccc1)c(OC(C)C)c(C(=O)NCCNC(=O)CO)n2C. The Labute approximate surface area is 203 Å². The molecule has 3 aromatic rings. The lowest BCUT2D eigenvalue weighted by Crippen LogP contribution is -2.36. The molecule has 0 fully saturated rings. The molecule has 1 aromatic carbocycles. The highest BCUT2D eigenvalue weighted by Gasteiger charge is 2.26. The number of carbonyl (C=O) groups excluding carboxylic acids is 3. The number of nitrogens with one attached hydrogen (secondary N) is 3. The summed E-state index contributed by atoms with van der Waals surface area (Å²) in [6.45, 7) is 5.38. The number of aliphatic hydroxyl groups is 1. The van der Waals surface area contributed by atoms with Crippen molar-refractivity contribution in [1.29, 1.82) is 0 Å². The molecule has 2 heterocycles. The summed E-state index contributed by atoms with van der Waals surface area (Å²) in [5, 5.41) is 17.6. The molecule has 0 aliphatic heterocycles. The Bertz CT molecular complexity index is 1220. The summed E-state index contributed by atoms with van der Waals surface area (Å²) in [6.07, 6.45) is 0.349. The zero-order valence-electron chi connectivity index (χ0n) is 20.3. The van der Waals surface area contributed by atoms with E-state index >= 15 is 0 Å². The van der Waals surface area contributed by atoms with Crippen LogP contribution in [0.1, 0.15) is 47.3 Å². The van der Waals surface area contributed by atoms with Crippen LogP contribution in [0.15, 0.2) is 36.4 Å². The lowest BCUT2D eigenvalue weighted by atomic mass is 10.1. The van der Waals surface area contributed by atoms with Gasteiger partial charge < -0.3 is 30.4 Å². The molecular formula is C25H31N5O5. The minimum Gasteiger partial charge on any atom is -0.488 e. The second kappa shape index (κ2) is 11.5. The molecule has 3 rings (SSSR count). The molecule has 186 valence electrons. The number of amides is 3. The van der Waals surface area contributed by atoms with E-state index in [-0.39, 0.29) is 30.8 Å². The van der Waals surface area contributed by atoms with Crippen LogP contribution in [0.3, 0.4) is 0 Å². The number of aromatic nitrogens is 2. The van der Waals surface area contributed by atoms with Crippen LogP contribution in [0.5, 0.6) is 5.75 Å². The molecule has 0 aliphatic carbocycles. The van der Waals surface area contributed by atoms with E-state index in [0.717, 1.165) is 0 Å². The normalized spacial score (nSPS) is 10.9. The Hall–Kier alpha value is -3.92. The Morgan fingerprint density at radius 3 is 2.40 bits per heavy atom. The average Bonchev–Trinajstić information content (AvgIpc) is 3.11. The number of fused-ring (bicyclic) bond motifs is 1. The molecule has 3 amide bonds. The van der Waals surface area contributed by atoms with Crippen molar-refractivity contribution >= 4 is 34.4 Å². The predicted octanol–water partition coefficient (Wildman–Crippen LogP) is 2.01. The van der Waals surface area contributed by atoms with E-state index in [1.54, 1.807) is 41.9 Å². The van der Waals surface area contributed by atoms with Crippen molar-refractivity contribution in [2.45, 2.75) is 33.3 Å². The van der Waals surface area contributed by atoms with Crippen molar-refractivity contribution in [2.75, 3.05) is 25.0 Å². The molecule has 4 N–H and O–H groups in total. The van der Waals surface area contributed by atoms with E-state index < -0.39 is 18.4 Å². The number of benzene rings is 1. The fourth-order valence-electron chi connectivity index (χ4n) is 3.64. The Morgan fingerprint density at radius 1 is 1.09 bits per heavy atom. The first-order valence-corrected chi connectivity index (χ1v) is 11.5. The largest absolute Gasteiger partial charge is 0.488 e. The van der Waals surface area contributed by atoms with Crippen LogP contribution in [0.25, 0.3) is 11.0 Å². The third-order valence-electron chi connectivity index (χ3n) is 5.26. The van der Waals surface area contributed by atoms with Gasteiger partial charge in [0.25, 0.3) is 11.8 Å². The predicted molar refractivity (Wildman–Crippen MR) is 133 cm³/mol. The number of hydrogen-bond acceptors (Lipinski definition) is 6. The van der Waals surface area contributed by atoms with E-state index in [1.807, 2.05) is 26.8 Å². The van der Waals surface area contributed by atoms with Crippen molar-refractivity contribution in [3.05, 3.63) is 53.3 Å².